The van der Waals surface area contributed by atoms with E-state index in [1.807, 2.05) is 13.0 Å². The van der Waals surface area contributed by atoms with Crippen molar-refractivity contribution < 1.29 is 9.21 Å². The predicted molar refractivity (Wildman–Crippen MR) is 70.5 cm³/mol. The van der Waals surface area contributed by atoms with Gasteiger partial charge in [-0.3, -0.25) is 10.2 Å². The average molecular weight is 258 g/mol. The van der Waals surface area contributed by atoms with E-state index in [-0.39, 0.29) is 17.6 Å². The second-order valence-corrected chi connectivity index (χ2v) is 4.67. The Balaban J connectivity index is 2.18. The molecule has 2 aliphatic rings. The van der Waals surface area contributed by atoms with Gasteiger partial charge in [-0.2, -0.15) is 5.10 Å². The minimum atomic E-state index is -0.265. The van der Waals surface area contributed by atoms with Crippen LogP contribution in [0.3, 0.4) is 0 Å². The number of aliphatic imine (C=N–C) groups is 1. The monoisotopic (exact) mass is 258 g/mol. The maximum absolute atomic E-state index is 11.9. The summed E-state index contributed by atoms with van der Waals surface area (Å²) in [6.45, 7) is 3.34. The van der Waals surface area contributed by atoms with Crippen molar-refractivity contribution in [3.63, 3.8) is 0 Å². The molecule has 3 N–H and O–H groups in total. The Morgan fingerprint density at radius 2 is 2.26 bits per heavy atom. The minimum Gasteiger partial charge on any atom is -0.469 e. The number of nitrogens with two attached hydrogens (primary N) is 1. The van der Waals surface area contributed by atoms with Crippen LogP contribution in [0.2, 0.25) is 0 Å². The standard InChI is InChI=1S/C13H14N4O2/c1-6-9(7(2)18)10(8-4-3-5-19-8)11-12(14)16-17-13(11)15-6/h3-5,10-11H,1-2H3,(H2,14,16)(H,15,17). The van der Waals surface area contributed by atoms with Crippen LogP contribution < -0.4 is 11.2 Å². The van der Waals surface area contributed by atoms with E-state index in [2.05, 4.69) is 15.5 Å². The molecule has 1 aromatic rings. The molecule has 0 spiro atoms. The summed E-state index contributed by atoms with van der Waals surface area (Å²) in [7, 11) is 0. The number of rotatable bonds is 2. The molecule has 0 aliphatic carbocycles. The number of amidine groups is 2. The van der Waals surface area contributed by atoms with Crippen molar-refractivity contribution in [1.29, 1.82) is 0 Å². The zero-order chi connectivity index (χ0) is 13.6. The van der Waals surface area contributed by atoms with Gasteiger partial charge in [0.1, 0.15) is 17.4 Å². The zero-order valence-electron chi connectivity index (χ0n) is 10.7. The number of furan rings is 1. The average Bonchev–Trinajstić information content (AvgIpc) is 2.97. The van der Waals surface area contributed by atoms with Crippen LogP contribution in [0.15, 0.2) is 44.2 Å². The molecule has 0 saturated carbocycles. The lowest BCUT2D eigenvalue weighted by Crippen LogP contribution is -2.37. The summed E-state index contributed by atoms with van der Waals surface area (Å²) in [6.07, 6.45) is 1.59. The van der Waals surface area contributed by atoms with Crippen LogP contribution in [0.25, 0.3) is 0 Å². The maximum Gasteiger partial charge on any atom is 0.158 e. The number of carbonyl (C=O) groups is 1. The first-order chi connectivity index (χ1) is 9.09. The quantitative estimate of drug-likeness (QED) is 0.831. The van der Waals surface area contributed by atoms with E-state index in [0.717, 1.165) is 0 Å². The number of hydrogen-bond acceptors (Lipinski definition) is 6. The molecule has 3 rings (SSSR count). The van der Waals surface area contributed by atoms with Crippen molar-refractivity contribution in [3.8, 4) is 0 Å². The molecular formula is C13H14N4O2. The van der Waals surface area contributed by atoms with E-state index >= 15 is 0 Å². The van der Waals surface area contributed by atoms with Gasteiger partial charge in [-0.25, -0.2) is 4.99 Å². The third kappa shape index (κ3) is 1.68. The van der Waals surface area contributed by atoms with Crippen molar-refractivity contribution in [2.24, 2.45) is 21.7 Å². The first-order valence-corrected chi connectivity index (χ1v) is 6.02. The van der Waals surface area contributed by atoms with E-state index in [1.165, 1.54) is 6.92 Å². The van der Waals surface area contributed by atoms with Gasteiger partial charge in [-0.1, -0.05) is 0 Å². The molecule has 0 saturated heterocycles. The van der Waals surface area contributed by atoms with Crippen molar-refractivity contribution in [3.05, 3.63) is 35.4 Å². The van der Waals surface area contributed by atoms with Crippen LogP contribution in [0, 0.1) is 5.92 Å². The lowest BCUT2D eigenvalue weighted by atomic mass is 9.78. The minimum absolute atomic E-state index is 0.0265. The molecule has 0 bridgehead atoms. The summed E-state index contributed by atoms with van der Waals surface area (Å²) >= 11 is 0. The van der Waals surface area contributed by atoms with E-state index in [4.69, 9.17) is 10.2 Å². The molecule has 98 valence electrons. The highest BCUT2D eigenvalue weighted by Gasteiger charge is 2.43. The lowest BCUT2D eigenvalue weighted by Gasteiger charge is -2.27. The van der Waals surface area contributed by atoms with Crippen LogP contribution in [-0.4, -0.2) is 17.5 Å². The molecule has 0 radical (unpaired) electrons. The van der Waals surface area contributed by atoms with Crippen molar-refractivity contribution >= 4 is 17.5 Å². The Labute approximate surface area is 110 Å². The molecule has 6 nitrogen and oxygen atoms in total. The summed E-state index contributed by atoms with van der Waals surface area (Å²) in [6, 6.07) is 3.64. The van der Waals surface area contributed by atoms with Crippen LogP contribution in [0.4, 0.5) is 0 Å². The predicted octanol–water partition coefficient (Wildman–Crippen LogP) is 1.13. The summed E-state index contributed by atoms with van der Waals surface area (Å²) < 4.78 is 5.48. The number of hydrazone groups is 1. The van der Waals surface area contributed by atoms with Gasteiger partial charge in [0.25, 0.3) is 0 Å². The van der Waals surface area contributed by atoms with E-state index in [1.54, 1.807) is 12.3 Å². The van der Waals surface area contributed by atoms with Crippen LogP contribution in [-0.2, 0) is 4.79 Å². The zero-order valence-corrected chi connectivity index (χ0v) is 10.7. The number of hydrogen-bond donors (Lipinski definition) is 2. The highest BCUT2D eigenvalue weighted by molar-refractivity contribution is 6.13. The number of allylic oxidation sites excluding steroid dienone is 2. The highest BCUT2D eigenvalue weighted by Crippen LogP contribution is 2.40. The van der Waals surface area contributed by atoms with Crippen LogP contribution >= 0.6 is 0 Å². The van der Waals surface area contributed by atoms with Gasteiger partial charge in [-0.15, -0.1) is 0 Å². The fraction of sp³-hybridized carbons (Fsp3) is 0.308. The number of nitrogens with zero attached hydrogens (tertiary/aromatic N) is 2. The molecule has 6 heteroatoms. The number of ketones is 1. The highest BCUT2D eigenvalue weighted by atomic mass is 16.3. The summed E-state index contributed by atoms with van der Waals surface area (Å²) in [5.74, 6) is 1.24. The van der Waals surface area contributed by atoms with Gasteiger partial charge in [0, 0.05) is 11.3 Å². The summed E-state index contributed by atoms with van der Waals surface area (Å²) in [4.78, 5) is 16.3. The molecular weight excluding hydrogens is 244 g/mol. The molecule has 19 heavy (non-hydrogen) atoms. The molecule has 1 aromatic heterocycles. The van der Waals surface area contributed by atoms with Crippen molar-refractivity contribution in [2.45, 2.75) is 19.8 Å². The van der Waals surface area contributed by atoms with Gasteiger partial charge in [0.2, 0.25) is 0 Å². The Hall–Kier alpha value is -2.37. The van der Waals surface area contributed by atoms with Crippen LogP contribution in [0.5, 0.6) is 0 Å². The topological polar surface area (TPSA) is 93.0 Å². The molecule has 3 heterocycles. The smallest absolute Gasteiger partial charge is 0.158 e. The lowest BCUT2D eigenvalue weighted by molar-refractivity contribution is -0.114. The Kier molecular flexibility index (Phi) is 2.51. The first kappa shape index (κ1) is 11.7. The molecule has 0 amide bonds. The molecule has 2 atom stereocenters. The van der Waals surface area contributed by atoms with Gasteiger partial charge < -0.3 is 10.2 Å². The largest absolute Gasteiger partial charge is 0.469 e. The third-order valence-electron chi connectivity index (χ3n) is 3.46. The first-order valence-electron chi connectivity index (χ1n) is 6.02. The van der Waals surface area contributed by atoms with Gasteiger partial charge in [-0.05, 0) is 26.0 Å². The van der Waals surface area contributed by atoms with Gasteiger partial charge in [0.05, 0.1) is 18.1 Å². The Morgan fingerprint density at radius 1 is 1.47 bits per heavy atom. The van der Waals surface area contributed by atoms with Gasteiger partial charge >= 0.3 is 0 Å². The van der Waals surface area contributed by atoms with Crippen molar-refractivity contribution in [2.75, 3.05) is 0 Å². The molecule has 0 aromatic carbocycles. The van der Waals surface area contributed by atoms with E-state index < -0.39 is 0 Å². The SMILES string of the molecule is CC(=O)C1=C(C)N=C2NN=C(N)C2C1c1ccco1. The fourth-order valence-corrected chi connectivity index (χ4v) is 2.71. The van der Waals surface area contributed by atoms with Crippen molar-refractivity contribution in [1.82, 2.24) is 5.43 Å². The number of fused-ring (bicyclic) bond motifs is 1. The van der Waals surface area contributed by atoms with Gasteiger partial charge in [0.15, 0.2) is 5.78 Å². The second kappa shape index (κ2) is 4.08. The van der Waals surface area contributed by atoms with E-state index in [9.17, 15) is 4.79 Å². The third-order valence-corrected chi connectivity index (χ3v) is 3.46. The Bertz CT molecular complexity index is 625. The Morgan fingerprint density at radius 3 is 2.89 bits per heavy atom. The number of nitrogens with one attached hydrogen (secondary N) is 1. The van der Waals surface area contributed by atoms with Crippen LogP contribution in [0.1, 0.15) is 25.5 Å². The number of Topliss-reactive ketones (excluding diaryl/α,β-unsaturated/α-hetero) is 1. The van der Waals surface area contributed by atoms with E-state index in [0.29, 0.717) is 28.7 Å². The second-order valence-electron chi connectivity index (χ2n) is 4.67. The summed E-state index contributed by atoms with van der Waals surface area (Å²) in [5.41, 5.74) is 10.0. The maximum atomic E-state index is 11.9. The molecule has 2 unspecified atom stereocenters. The fourth-order valence-electron chi connectivity index (χ4n) is 2.71. The normalized spacial score (nSPS) is 25.6. The summed E-state index contributed by atoms with van der Waals surface area (Å²) in [5, 5.41) is 4.00. The molecule has 2 aliphatic heterocycles. The number of carbonyl (C=O) groups excluding carboxylic acids is 1. The molecule has 0 fully saturated rings.